The molecule has 0 fully saturated rings. The highest BCUT2D eigenvalue weighted by atomic mass is 35.5. The highest BCUT2D eigenvalue weighted by Gasteiger charge is 2.29. The molecule has 5 nitrogen and oxygen atoms in total. The molecule has 0 saturated carbocycles. The van der Waals surface area contributed by atoms with Gasteiger partial charge in [0.15, 0.2) is 0 Å². The zero-order valence-electron chi connectivity index (χ0n) is 10.4. The number of hydrogen-bond acceptors (Lipinski definition) is 4. The van der Waals surface area contributed by atoms with E-state index in [2.05, 4.69) is 0 Å². The van der Waals surface area contributed by atoms with Crippen LogP contribution in [0.15, 0.2) is 17.0 Å². The van der Waals surface area contributed by atoms with Gasteiger partial charge in [0.1, 0.15) is 4.90 Å². The van der Waals surface area contributed by atoms with Gasteiger partial charge in [-0.2, -0.15) is 9.57 Å². The predicted octanol–water partition coefficient (Wildman–Crippen LogP) is 2.50. The Balaban J connectivity index is 3.33. The summed E-state index contributed by atoms with van der Waals surface area (Å²) in [5, 5.41) is 8.85. The summed E-state index contributed by atoms with van der Waals surface area (Å²) >= 11 is 11.7. The lowest BCUT2D eigenvalue weighted by Gasteiger charge is -2.23. The van der Waals surface area contributed by atoms with Crippen LogP contribution in [0.1, 0.15) is 13.3 Å². The lowest BCUT2D eigenvalue weighted by atomic mass is 10.3. The summed E-state index contributed by atoms with van der Waals surface area (Å²) in [6.45, 7) is 1.63. The standard InChI is InChI=1S/C11H13Cl2N3O2S/c1-7(3-4-14)16(2)19(17,18)11-9(13)5-8(12)6-10(11)15/h5-7H,3,15H2,1-2H3. The molecule has 0 saturated heterocycles. The van der Waals surface area contributed by atoms with Crippen LogP contribution >= 0.6 is 23.2 Å². The van der Waals surface area contributed by atoms with Crippen molar-refractivity contribution in [2.75, 3.05) is 12.8 Å². The minimum Gasteiger partial charge on any atom is -0.398 e. The van der Waals surface area contributed by atoms with Crippen LogP contribution in [-0.2, 0) is 10.0 Å². The molecule has 0 aromatic heterocycles. The van der Waals surface area contributed by atoms with Gasteiger partial charge in [-0.05, 0) is 19.1 Å². The molecule has 1 aromatic carbocycles. The number of rotatable bonds is 4. The van der Waals surface area contributed by atoms with Gasteiger partial charge in [-0.3, -0.25) is 0 Å². The first-order valence-corrected chi connectivity index (χ1v) is 7.51. The maximum atomic E-state index is 12.4. The summed E-state index contributed by atoms with van der Waals surface area (Å²) in [5.41, 5.74) is 5.66. The van der Waals surface area contributed by atoms with E-state index in [1.54, 1.807) is 6.92 Å². The Morgan fingerprint density at radius 1 is 1.47 bits per heavy atom. The van der Waals surface area contributed by atoms with Crippen LogP contribution in [0.2, 0.25) is 10.0 Å². The van der Waals surface area contributed by atoms with Gasteiger partial charge in [-0.25, -0.2) is 8.42 Å². The minimum atomic E-state index is -3.87. The second kappa shape index (κ2) is 5.97. The highest BCUT2D eigenvalue weighted by Crippen LogP contribution is 2.33. The third-order valence-corrected chi connectivity index (χ3v) is 5.40. The molecule has 0 aliphatic heterocycles. The molecular weight excluding hydrogens is 309 g/mol. The molecule has 1 atom stereocenters. The Morgan fingerprint density at radius 2 is 2.05 bits per heavy atom. The smallest absolute Gasteiger partial charge is 0.246 e. The molecule has 1 unspecified atom stereocenters. The minimum absolute atomic E-state index is 0.0199. The predicted molar refractivity (Wildman–Crippen MR) is 75.5 cm³/mol. The van der Waals surface area contributed by atoms with Crippen molar-refractivity contribution in [3.05, 3.63) is 22.2 Å². The summed E-state index contributed by atoms with van der Waals surface area (Å²) in [6, 6.07) is 4.07. The molecule has 2 N–H and O–H groups in total. The van der Waals surface area contributed by atoms with Gasteiger partial charge in [0, 0.05) is 18.1 Å². The lowest BCUT2D eigenvalue weighted by molar-refractivity contribution is 0.393. The average Bonchev–Trinajstić information content (AvgIpc) is 2.26. The van der Waals surface area contributed by atoms with E-state index < -0.39 is 16.1 Å². The third-order valence-electron chi connectivity index (χ3n) is 2.68. The van der Waals surface area contributed by atoms with Gasteiger partial charge < -0.3 is 5.73 Å². The number of nitrogens with two attached hydrogens (primary N) is 1. The Labute approximate surface area is 122 Å². The van der Waals surface area contributed by atoms with Crippen molar-refractivity contribution >= 4 is 38.9 Å². The first-order valence-electron chi connectivity index (χ1n) is 5.31. The molecule has 0 heterocycles. The number of nitriles is 1. The van der Waals surface area contributed by atoms with Gasteiger partial charge in [-0.1, -0.05) is 23.2 Å². The summed E-state index contributed by atoms with van der Waals surface area (Å²) in [5.74, 6) is 0. The van der Waals surface area contributed by atoms with Gasteiger partial charge >= 0.3 is 0 Å². The van der Waals surface area contributed by atoms with Crippen molar-refractivity contribution in [2.24, 2.45) is 0 Å². The van der Waals surface area contributed by atoms with E-state index in [1.165, 1.54) is 19.2 Å². The topological polar surface area (TPSA) is 87.2 Å². The molecule has 8 heteroatoms. The molecule has 0 aliphatic carbocycles. The van der Waals surface area contributed by atoms with Crippen molar-refractivity contribution in [1.29, 1.82) is 5.26 Å². The Bertz CT molecular complexity index is 602. The van der Waals surface area contributed by atoms with Crippen LogP contribution in [0, 0.1) is 11.3 Å². The van der Waals surface area contributed by atoms with E-state index in [0.29, 0.717) is 0 Å². The maximum Gasteiger partial charge on any atom is 0.246 e. The van der Waals surface area contributed by atoms with E-state index in [9.17, 15) is 8.42 Å². The normalized spacial score (nSPS) is 13.3. The van der Waals surface area contributed by atoms with Gasteiger partial charge in [-0.15, -0.1) is 0 Å². The molecule has 0 aliphatic rings. The average molecular weight is 322 g/mol. The van der Waals surface area contributed by atoms with Crippen LogP contribution < -0.4 is 5.73 Å². The monoisotopic (exact) mass is 321 g/mol. The van der Waals surface area contributed by atoms with Crippen molar-refractivity contribution in [2.45, 2.75) is 24.3 Å². The van der Waals surface area contributed by atoms with Crippen LogP contribution in [0.3, 0.4) is 0 Å². The second-order valence-corrected chi connectivity index (χ2v) is 6.82. The number of halogens is 2. The number of nitrogen functional groups attached to an aromatic ring is 1. The second-order valence-electron chi connectivity index (χ2n) is 4.04. The van der Waals surface area contributed by atoms with Crippen LogP contribution in [-0.4, -0.2) is 25.8 Å². The van der Waals surface area contributed by atoms with Crippen molar-refractivity contribution < 1.29 is 8.42 Å². The van der Waals surface area contributed by atoms with Crippen LogP contribution in [0.4, 0.5) is 5.69 Å². The number of anilines is 1. The zero-order chi connectivity index (χ0) is 14.8. The van der Waals surface area contributed by atoms with E-state index >= 15 is 0 Å². The fourth-order valence-electron chi connectivity index (χ4n) is 1.49. The van der Waals surface area contributed by atoms with Gasteiger partial charge in [0.25, 0.3) is 0 Å². The molecule has 1 rings (SSSR count). The molecule has 0 spiro atoms. The van der Waals surface area contributed by atoms with E-state index in [-0.39, 0.29) is 27.0 Å². The van der Waals surface area contributed by atoms with E-state index in [4.69, 9.17) is 34.2 Å². The summed E-state index contributed by atoms with van der Waals surface area (Å²) < 4.78 is 25.9. The van der Waals surface area contributed by atoms with Crippen LogP contribution in [0.25, 0.3) is 0 Å². The lowest BCUT2D eigenvalue weighted by Crippen LogP contribution is -2.35. The summed E-state index contributed by atoms with van der Waals surface area (Å²) in [4.78, 5) is -0.189. The maximum absolute atomic E-state index is 12.4. The number of nitrogens with zero attached hydrogens (tertiary/aromatic N) is 2. The van der Waals surface area contributed by atoms with E-state index in [1.807, 2.05) is 6.07 Å². The van der Waals surface area contributed by atoms with Gasteiger partial charge in [0.2, 0.25) is 10.0 Å². The fraction of sp³-hybridized carbons (Fsp3) is 0.364. The molecule has 104 valence electrons. The third kappa shape index (κ3) is 3.31. The van der Waals surface area contributed by atoms with Crippen molar-refractivity contribution in [3.8, 4) is 6.07 Å². The SMILES string of the molecule is CC(CC#N)N(C)S(=O)(=O)c1c(N)cc(Cl)cc1Cl. The molecule has 0 bridgehead atoms. The number of hydrogen-bond donors (Lipinski definition) is 1. The van der Waals surface area contributed by atoms with E-state index in [0.717, 1.165) is 4.31 Å². The van der Waals surface area contributed by atoms with Gasteiger partial charge in [0.05, 0.1) is 23.2 Å². The van der Waals surface area contributed by atoms with Crippen molar-refractivity contribution in [1.82, 2.24) is 4.31 Å². The quantitative estimate of drug-likeness (QED) is 0.863. The Hall–Kier alpha value is -1.000. The number of benzene rings is 1. The largest absolute Gasteiger partial charge is 0.398 e. The first kappa shape index (κ1) is 16.1. The molecule has 1 aromatic rings. The first-order chi connectivity index (χ1) is 8.71. The summed E-state index contributed by atoms with van der Waals surface area (Å²) in [6.07, 6.45) is 0.0703. The number of sulfonamides is 1. The van der Waals surface area contributed by atoms with Crippen LogP contribution in [0.5, 0.6) is 0 Å². The highest BCUT2D eigenvalue weighted by molar-refractivity contribution is 7.89. The van der Waals surface area contributed by atoms with Crippen molar-refractivity contribution in [3.63, 3.8) is 0 Å². The molecule has 0 radical (unpaired) electrons. The molecule has 0 amide bonds. The summed E-state index contributed by atoms with van der Waals surface area (Å²) in [7, 11) is -2.50. The fourth-order valence-corrected chi connectivity index (χ4v) is 3.79. The zero-order valence-corrected chi connectivity index (χ0v) is 12.7. The Kier molecular flexibility index (Phi) is 5.04. The molecule has 19 heavy (non-hydrogen) atoms. The Morgan fingerprint density at radius 3 is 2.53 bits per heavy atom. The molecular formula is C11H13Cl2N3O2S.